The van der Waals surface area contributed by atoms with E-state index in [9.17, 15) is 0 Å². The molecule has 1 aliphatic heterocycles. The summed E-state index contributed by atoms with van der Waals surface area (Å²) in [5, 5.41) is 3.56. The molecule has 1 N–H and O–H groups in total. The lowest BCUT2D eigenvalue weighted by Gasteiger charge is -2.33. The van der Waals surface area contributed by atoms with Crippen LogP contribution in [0.25, 0.3) is 0 Å². The maximum absolute atomic E-state index is 5.31. The molecule has 116 valence electrons. The second kappa shape index (κ2) is 6.62. The molecule has 0 bridgehead atoms. The van der Waals surface area contributed by atoms with E-state index in [1.165, 1.54) is 12.8 Å². The van der Waals surface area contributed by atoms with E-state index in [4.69, 9.17) is 4.74 Å². The number of likely N-dealkylation sites (N-methyl/N-ethyl adjacent to an activating group) is 1. The van der Waals surface area contributed by atoms with Gasteiger partial charge in [-0.25, -0.2) is 4.98 Å². The van der Waals surface area contributed by atoms with Crippen LogP contribution in [-0.2, 0) is 4.74 Å². The Labute approximate surface area is 127 Å². The van der Waals surface area contributed by atoms with Gasteiger partial charge in [-0.05, 0) is 37.9 Å². The summed E-state index contributed by atoms with van der Waals surface area (Å²) >= 11 is 0. The van der Waals surface area contributed by atoms with Crippen LogP contribution in [0.3, 0.4) is 0 Å². The normalized spacial score (nSPS) is 21.3. The third-order valence-corrected chi connectivity index (χ3v) is 4.46. The van der Waals surface area contributed by atoms with Crippen molar-refractivity contribution in [3.63, 3.8) is 0 Å². The third kappa shape index (κ3) is 3.86. The highest BCUT2D eigenvalue weighted by Gasteiger charge is 2.31. The van der Waals surface area contributed by atoms with Crippen LogP contribution in [0.1, 0.15) is 12.8 Å². The first-order valence-corrected chi connectivity index (χ1v) is 7.91. The number of piperazine rings is 1. The summed E-state index contributed by atoms with van der Waals surface area (Å²) < 4.78 is 5.31. The van der Waals surface area contributed by atoms with E-state index in [0.717, 1.165) is 50.2 Å². The van der Waals surface area contributed by atoms with Crippen LogP contribution in [0.4, 0.5) is 11.5 Å². The smallest absolute Gasteiger partial charge is 0.128 e. The van der Waals surface area contributed by atoms with Crippen molar-refractivity contribution in [3.05, 3.63) is 18.3 Å². The fourth-order valence-electron chi connectivity index (χ4n) is 2.88. The van der Waals surface area contributed by atoms with Crippen molar-refractivity contribution in [1.82, 2.24) is 9.88 Å². The van der Waals surface area contributed by atoms with Gasteiger partial charge in [0.25, 0.3) is 0 Å². The van der Waals surface area contributed by atoms with Gasteiger partial charge in [-0.2, -0.15) is 0 Å². The largest absolute Gasteiger partial charge is 0.383 e. The van der Waals surface area contributed by atoms with E-state index in [1.807, 2.05) is 6.20 Å². The van der Waals surface area contributed by atoms with Gasteiger partial charge in [-0.15, -0.1) is 0 Å². The lowest BCUT2D eigenvalue weighted by atomic mass is 10.2. The zero-order chi connectivity index (χ0) is 14.7. The quantitative estimate of drug-likeness (QED) is 0.863. The number of hydrogen-bond donors (Lipinski definition) is 1. The Morgan fingerprint density at radius 2 is 2.05 bits per heavy atom. The molecule has 0 aromatic carbocycles. The van der Waals surface area contributed by atoms with Crippen LogP contribution < -0.4 is 10.2 Å². The summed E-state index contributed by atoms with van der Waals surface area (Å²) in [6.07, 6.45) is 4.58. The predicted octanol–water partition coefficient (Wildman–Crippen LogP) is 1.67. The van der Waals surface area contributed by atoms with E-state index in [-0.39, 0.29) is 0 Å². The van der Waals surface area contributed by atoms with Crippen LogP contribution >= 0.6 is 0 Å². The number of aromatic nitrogens is 1. The Balaban J connectivity index is 1.58. The second-order valence-electron chi connectivity index (χ2n) is 6.24. The third-order valence-electron chi connectivity index (χ3n) is 4.46. The summed E-state index contributed by atoms with van der Waals surface area (Å²) in [4.78, 5) is 9.34. The Morgan fingerprint density at radius 1 is 1.29 bits per heavy atom. The molecule has 0 amide bonds. The van der Waals surface area contributed by atoms with E-state index in [0.29, 0.717) is 6.04 Å². The zero-order valence-electron chi connectivity index (χ0n) is 13.1. The standard InChI is InChI=1S/C16H26N4O/c1-19-7-9-20(10-8-19)16-6-5-14(11-17-16)18-15(12-21-2)13-3-4-13/h5-6,11,13,15,18H,3-4,7-10,12H2,1-2H3. The van der Waals surface area contributed by atoms with Gasteiger partial charge in [0.1, 0.15) is 5.82 Å². The molecular weight excluding hydrogens is 264 g/mol. The van der Waals surface area contributed by atoms with Crippen LogP contribution in [0.2, 0.25) is 0 Å². The zero-order valence-corrected chi connectivity index (χ0v) is 13.1. The lowest BCUT2D eigenvalue weighted by Crippen LogP contribution is -2.44. The molecule has 1 atom stereocenters. The average Bonchev–Trinajstić information content (AvgIpc) is 3.33. The average molecular weight is 290 g/mol. The second-order valence-corrected chi connectivity index (χ2v) is 6.24. The molecule has 2 heterocycles. The molecule has 5 nitrogen and oxygen atoms in total. The SMILES string of the molecule is COCC(Nc1ccc(N2CCN(C)CC2)nc1)C1CC1. The minimum atomic E-state index is 0.422. The van der Waals surface area contributed by atoms with Crippen molar-refractivity contribution in [2.45, 2.75) is 18.9 Å². The Kier molecular flexibility index (Phi) is 4.60. The minimum absolute atomic E-state index is 0.422. The molecule has 1 aliphatic carbocycles. The van der Waals surface area contributed by atoms with E-state index < -0.39 is 0 Å². The summed E-state index contributed by atoms with van der Waals surface area (Å²) in [7, 11) is 3.94. The molecule has 1 aromatic rings. The molecule has 1 saturated carbocycles. The number of rotatable bonds is 6. The molecule has 5 heteroatoms. The first-order chi connectivity index (χ1) is 10.3. The summed E-state index contributed by atoms with van der Waals surface area (Å²) in [6, 6.07) is 4.70. The number of nitrogens with zero attached hydrogens (tertiary/aromatic N) is 3. The minimum Gasteiger partial charge on any atom is -0.383 e. The maximum Gasteiger partial charge on any atom is 0.128 e. The molecule has 1 saturated heterocycles. The van der Waals surface area contributed by atoms with Crippen molar-refractivity contribution >= 4 is 11.5 Å². The summed E-state index contributed by atoms with van der Waals surface area (Å²) in [6.45, 7) is 5.11. The van der Waals surface area contributed by atoms with Gasteiger partial charge in [0.2, 0.25) is 0 Å². The first-order valence-electron chi connectivity index (χ1n) is 7.91. The van der Waals surface area contributed by atoms with Crippen LogP contribution in [0.15, 0.2) is 18.3 Å². The van der Waals surface area contributed by atoms with Gasteiger partial charge in [0, 0.05) is 33.3 Å². The number of anilines is 2. The highest BCUT2D eigenvalue weighted by molar-refractivity contribution is 5.49. The number of methoxy groups -OCH3 is 1. The highest BCUT2D eigenvalue weighted by atomic mass is 16.5. The molecule has 0 radical (unpaired) electrons. The summed E-state index contributed by atoms with van der Waals surface area (Å²) in [5.41, 5.74) is 1.10. The van der Waals surface area contributed by atoms with Crippen LogP contribution in [0, 0.1) is 5.92 Å². The van der Waals surface area contributed by atoms with Gasteiger partial charge in [-0.3, -0.25) is 0 Å². The number of nitrogens with one attached hydrogen (secondary N) is 1. The molecule has 21 heavy (non-hydrogen) atoms. The van der Waals surface area contributed by atoms with Crippen molar-refractivity contribution < 1.29 is 4.74 Å². The Bertz CT molecular complexity index is 438. The molecule has 0 spiro atoms. The molecule has 2 fully saturated rings. The van der Waals surface area contributed by atoms with Gasteiger partial charge >= 0.3 is 0 Å². The van der Waals surface area contributed by atoms with Crippen molar-refractivity contribution in [1.29, 1.82) is 0 Å². The molecule has 1 aromatic heterocycles. The van der Waals surface area contributed by atoms with Gasteiger partial charge in [0.15, 0.2) is 0 Å². The molecular formula is C16H26N4O. The van der Waals surface area contributed by atoms with Gasteiger partial charge in [0.05, 0.1) is 24.5 Å². The van der Waals surface area contributed by atoms with Crippen molar-refractivity contribution in [2.24, 2.45) is 5.92 Å². The topological polar surface area (TPSA) is 40.6 Å². The number of hydrogen-bond acceptors (Lipinski definition) is 5. The number of pyridine rings is 1. The fourth-order valence-corrected chi connectivity index (χ4v) is 2.88. The lowest BCUT2D eigenvalue weighted by molar-refractivity contribution is 0.179. The molecule has 2 aliphatic rings. The van der Waals surface area contributed by atoms with E-state index in [1.54, 1.807) is 7.11 Å². The van der Waals surface area contributed by atoms with E-state index >= 15 is 0 Å². The van der Waals surface area contributed by atoms with Gasteiger partial charge < -0.3 is 19.9 Å². The maximum atomic E-state index is 5.31. The fraction of sp³-hybridized carbons (Fsp3) is 0.688. The van der Waals surface area contributed by atoms with Crippen LogP contribution in [-0.4, -0.2) is 62.9 Å². The van der Waals surface area contributed by atoms with Crippen LogP contribution in [0.5, 0.6) is 0 Å². The Morgan fingerprint density at radius 3 is 2.62 bits per heavy atom. The first kappa shape index (κ1) is 14.6. The predicted molar refractivity (Wildman–Crippen MR) is 86.0 cm³/mol. The number of ether oxygens (including phenoxy) is 1. The molecule has 3 rings (SSSR count). The monoisotopic (exact) mass is 290 g/mol. The van der Waals surface area contributed by atoms with Crippen molar-refractivity contribution in [3.8, 4) is 0 Å². The molecule has 1 unspecified atom stereocenters. The summed E-state index contributed by atoms with van der Waals surface area (Å²) in [5.74, 6) is 1.85. The van der Waals surface area contributed by atoms with Gasteiger partial charge in [-0.1, -0.05) is 0 Å². The van der Waals surface area contributed by atoms with Crippen molar-refractivity contribution in [2.75, 3.05) is 57.2 Å². The van der Waals surface area contributed by atoms with E-state index in [2.05, 4.69) is 39.3 Å². The highest BCUT2D eigenvalue weighted by Crippen LogP contribution is 2.34. The Hall–Kier alpha value is -1.33.